The van der Waals surface area contributed by atoms with Crippen LogP contribution in [0.3, 0.4) is 0 Å². The van der Waals surface area contributed by atoms with Crippen molar-refractivity contribution in [1.29, 1.82) is 0 Å². The molecule has 0 spiro atoms. The Bertz CT molecular complexity index is 1100. The SMILES string of the molecule is CCCC[C@]1(CC)CN(c2ccccc2)c2cc(F)c(O/C=C/C(=O)O)cc2S(=O)(=O)C1. The molecule has 6 nitrogen and oxygen atoms in total. The number of unbranched alkanes of at least 4 members (excludes halogenated alkanes) is 1. The highest BCUT2D eigenvalue weighted by atomic mass is 32.2. The zero-order chi connectivity index (χ0) is 23.4. The molecular formula is C24H28FNO5S. The molecule has 1 aliphatic rings. The number of sulfone groups is 1. The summed E-state index contributed by atoms with van der Waals surface area (Å²) in [5.74, 6) is -2.42. The van der Waals surface area contributed by atoms with Crippen LogP contribution in [0.15, 0.2) is 59.7 Å². The molecule has 0 aliphatic carbocycles. The fourth-order valence-electron chi connectivity index (χ4n) is 4.12. The van der Waals surface area contributed by atoms with E-state index in [1.807, 2.05) is 42.2 Å². The van der Waals surface area contributed by atoms with Crippen molar-refractivity contribution in [1.82, 2.24) is 0 Å². The summed E-state index contributed by atoms with van der Waals surface area (Å²) in [6.45, 7) is 4.51. The van der Waals surface area contributed by atoms with E-state index < -0.39 is 27.0 Å². The van der Waals surface area contributed by atoms with E-state index in [0.29, 0.717) is 19.0 Å². The molecular weight excluding hydrogens is 433 g/mol. The number of carboxylic acids is 1. The Morgan fingerprint density at radius 1 is 1.25 bits per heavy atom. The molecule has 0 unspecified atom stereocenters. The van der Waals surface area contributed by atoms with Crippen molar-refractivity contribution in [3.63, 3.8) is 0 Å². The van der Waals surface area contributed by atoms with Crippen LogP contribution in [0, 0.1) is 11.2 Å². The molecule has 0 fully saturated rings. The average Bonchev–Trinajstić information content (AvgIpc) is 2.85. The van der Waals surface area contributed by atoms with Gasteiger partial charge in [0.1, 0.15) is 0 Å². The van der Waals surface area contributed by atoms with Gasteiger partial charge in [0, 0.05) is 29.8 Å². The van der Waals surface area contributed by atoms with Crippen molar-refractivity contribution in [3.8, 4) is 5.75 Å². The van der Waals surface area contributed by atoms with Crippen molar-refractivity contribution in [2.75, 3.05) is 17.2 Å². The summed E-state index contributed by atoms with van der Waals surface area (Å²) in [5.41, 5.74) is 0.541. The maximum absolute atomic E-state index is 14.9. The molecule has 3 rings (SSSR count). The number of ether oxygens (including phenoxy) is 1. The summed E-state index contributed by atoms with van der Waals surface area (Å²) >= 11 is 0. The number of carbonyl (C=O) groups is 1. The fourth-order valence-corrected chi connectivity index (χ4v) is 6.29. The number of hydrogen-bond acceptors (Lipinski definition) is 5. The molecule has 1 atom stereocenters. The standard InChI is InChI=1S/C24H28FNO5S/c1-3-5-12-24(4-2)16-26(18-9-7-6-8-10-18)20-14-19(25)21(31-13-11-23(27)28)15-22(20)32(29,30)17-24/h6-11,13-15H,3-5,12,16-17H2,1-2H3,(H,27,28)/b13-11+/t24-/m1/s1. The smallest absolute Gasteiger partial charge is 0.331 e. The van der Waals surface area contributed by atoms with Gasteiger partial charge in [-0.3, -0.25) is 0 Å². The Kier molecular flexibility index (Phi) is 7.23. The lowest BCUT2D eigenvalue weighted by molar-refractivity contribution is -0.131. The molecule has 172 valence electrons. The van der Waals surface area contributed by atoms with Gasteiger partial charge in [-0.15, -0.1) is 0 Å². The van der Waals surface area contributed by atoms with E-state index in [1.165, 1.54) is 0 Å². The van der Waals surface area contributed by atoms with Crippen LogP contribution in [0.1, 0.15) is 39.5 Å². The molecule has 0 amide bonds. The monoisotopic (exact) mass is 461 g/mol. The number of rotatable bonds is 8. The lowest BCUT2D eigenvalue weighted by Crippen LogP contribution is -2.37. The minimum atomic E-state index is -3.78. The number of nitrogens with zero attached hydrogens (tertiary/aromatic N) is 1. The summed E-state index contributed by atoms with van der Waals surface area (Å²) in [6.07, 6.45) is 4.78. The molecule has 0 saturated heterocycles. The average molecular weight is 462 g/mol. The van der Waals surface area contributed by atoms with Crippen LogP contribution < -0.4 is 9.64 Å². The van der Waals surface area contributed by atoms with Gasteiger partial charge in [-0.2, -0.15) is 0 Å². The summed E-state index contributed by atoms with van der Waals surface area (Å²) < 4.78 is 47.1. The highest BCUT2D eigenvalue weighted by Gasteiger charge is 2.42. The molecule has 2 aromatic rings. The van der Waals surface area contributed by atoms with Gasteiger partial charge in [0.05, 0.1) is 28.7 Å². The number of aliphatic carboxylic acids is 1. The largest absolute Gasteiger partial charge is 0.478 e. The summed E-state index contributed by atoms with van der Waals surface area (Å²) in [6, 6.07) is 11.7. The second kappa shape index (κ2) is 9.73. The van der Waals surface area contributed by atoms with Crippen molar-refractivity contribution < 1.29 is 27.4 Å². The normalized spacial score (nSPS) is 20.0. The third-order valence-electron chi connectivity index (χ3n) is 5.91. The molecule has 32 heavy (non-hydrogen) atoms. The van der Waals surface area contributed by atoms with E-state index in [0.717, 1.165) is 43.3 Å². The highest BCUT2D eigenvalue weighted by molar-refractivity contribution is 7.91. The minimum absolute atomic E-state index is 0.0201. The van der Waals surface area contributed by atoms with Gasteiger partial charge in [-0.05, 0) is 25.0 Å². The van der Waals surface area contributed by atoms with Gasteiger partial charge in [0.15, 0.2) is 21.4 Å². The predicted molar refractivity (Wildman–Crippen MR) is 122 cm³/mol. The van der Waals surface area contributed by atoms with Crippen molar-refractivity contribution in [2.24, 2.45) is 5.41 Å². The number of hydrogen-bond donors (Lipinski definition) is 1. The molecule has 1 heterocycles. The maximum Gasteiger partial charge on any atom is 0.331 e. The van der Waals surface area contributed by atoms with Gasteiger partial charge >= 0.3 is 5.97 Å². The van der Waals surface area contributed by atoms with Gasteiger partial charge in [-0.1, -0.05) is 44.9 Å². The summed E-state index contributed by atoms with van der Waals surface area (Å²) in [5, 5.41) is 8.73. The van der Waals surface area contributed by atoms with Crippen molar-refractivity contribution in [2.45, 2.75) is 44.4 Å². The van der Waals surface area contributed by atoms with Crippen LogP contribution in [0.2, 0.25) is 0 Å². The third-order valence-corrected chi connectivity index (χ3v) is 7.90. The second-order valence-corrected chi connectivity index (χ2v) is 10.1. The number of anilines is 2. The number of carboxylic acid groups (broad SMARTS) is 1. The Balaban J connectivity index is 2.19. The molecule has 1 N–H and O–H groups in total. The fraction of sp³-hybridized carbons (Fsp3) is 0.375. The van der Waals surface area contributed by atoms with Crippen LogP contribution >= 0.6 is 0 Å². The van der Waals surface area contributed by atoms with Gasteiger partial charge in [-0.25, -0.2) is 17.6 Å². The zero-order valence-electron chi connectivity index (χ0n) is 18.3. The molecule has 0 aromatic heterocycles. The van der Waals surface area contributed by atoms with E-state index in [4.69, 9.17) is 9.84 Å². The number of fused-ring (bicyclic) bond motifs is 1. The maximum atomic E-state index is 14.9. The quantitative estimate of drug-likeness (QED) is 0.326. The summed E-state index contributed by atoms with van der Waals surface area (Å²) in [4.78, 5) is 12.5. The Morgan fingerprint density at radius 2 is 1.97 bits per heavy atom. The van der Waals surface area contributed by atoms with Crippen molar-refractivity contribution >= 4 is 27.2 Å². The van der Waals surface area contributed by atoms with Crippen LogP contribution in [0.5, 0.6) is 5.75 Å². The third kappa shape index (κ3) is 5.12. The van der Waals surface area contributed by atoms with Gasteiger partial charge < -0.3 is 14.7 Å². The van der Waals surface area contributed by atoms with Crippen LogP contribution in [-0.4, -0.2) is 31.8 Å². The molecule has 0 saturated carbocycles. The molecule has 2 aromatic carbocycles. The van der Waals surface area contributed by atoms with Gasteiger partial charge in [0.2, 0.25) is 0 Å². The van der Waals surface area contributed by atoms with Crippen LogP contribution in [0.4, 0.5) is 15.8 Å². The first-order valence-corrected chi connectivity index (χ1v) is 12.3. The van der Waals surface area contributed by atoms with Crippen LogP contribution in [-0.2, 0) is 14.6 Å². The topological polar surface area (TPSA) is 83.9 Å². The predicted octanol–water partition coefficient (Wildman–Crippen LogP) is 5.31. The zero-order valence-corrected chi connectivity index (χ0v) is 19.1. The lowest BCUT2D eigenvalue weighted by atomic mass is 9.81. The highest BCUT2D eigenvalue weighted by Crippen LogP contribution is 2.45. The van der Waals surface area contributed by atoms with Crippen LogP contribution in [0.25, 0.3) is 0 Å². The molecule has 0 bridgehead atoms. The Hall–Kier alpha value is -2.87. The van der Waals surface area contributed by atoms with E-state index >= 15 is 0 Å². The number of benzene rings is 2. The van der Waals surface area contributed by atoms with E-state index in [9.17, 15) is 17.6 Å². The first-order valence-electron chi connectivity index (χ1n) is 10.7. The van der Waals surface area contributed by atoms with E-state index in [-0.39, 0.29) is 22.1 Å². The second-order valence-electron chi connectivity index (χ2n) is 8.15. The number of halogens is 1. The first kappa shape index (κ1) is 23.8. The van der Waals surface area contributed by atoms with E-state index in [2.05, 4.69) is 6.92 Å². The molecule has 1 aliphatic heterocycles. The van der Waals surface area contributed by atoms with Gasteiger partial charge in [0.25, 0.3) is 0 Å². The van der Waals surface area contributed by atoms with E-state index in [1.54, 1.807) is 0 Å². The number of para-hydroxylation sites is 1. The van der Waals surface area contributed by atoms with Crippen molar-refractivity contribution in [3.05, 3.63) is 60.6 Å². The lowest BCUT2D eigenvalue weighted by Gasteiger charge is -2.36. The minimum Gasteiger partial charge on any atom is -0.478 e. The molecule has 0 radical (unpaired) electrons. The Labute approximate surface area is 188 Å². The molecule has 8 heteroatoms. The first-order chi connectivity index (χ1) is 15.2. The summed E-state index contributed by atoms with van der Waals surface area (Å²) in [7, 11) is -3.78. The Morgan fingerprint density at radius 3 is 2.59 bits per heavy atom.